The van der Waals surface area contributed by atoms with E-state index in [-0.39, 0.29) is 5.91 Å². The van der Waals surface area contributed by atoms with E-state index < -0.39 is 0 Å². The van der Waals surface area contributed by atoms with E-state index in [4.69, 9.17) is 11.6 Å². The van der Waals surface area contributed by atoms with E-state index in [1.807, 2.05) is 60.5 Å². The number of rotatable bonds is 3. The lowest BCUT2D eigenvalue weighted by atomic mass is 10.1. The van der Waals surface area contributed by atoms with Crippen LogP contribution in [0.5, 0.6) is 0 Å². The van der Waals surface area contributed by atoms with E-state index in [2.05, 4.69) is 15.0 Å². The largest absolute Gasteiger partial charge is 0.353 e. The van der Waals surface area contributed by atoms with Gasteiger partial charge in [-0.05, 0) is 35.9 Å². The summed E-state index contributed by atoms with van der Waals surface area (Å²) in [6, 6.07) is 15.3. The second kappa shape index (κ2) is 7.40. The molecule has 1 amide bonds. The highest BCUT2D eigenvalue weighted by Crippen LogP contribution is 2.23. The molecular formula is C20H20ClN5O. The predicted molar refractivity (Wildman–Crippen MR) is 106 cm³/mol. The van der Waals surface area contributed by atoms with Gasteiger partial charge in [-0.1, -0.05) is 29.8 Å². The summed E-state index contributed by atoms with van der Waals surface area (Å²) < 4.78 is 1.74. The van der Waals surface area contributed by atoms with Gasteiger partial charge in [0.25, 0.3) is 5.91 Å². The van der Waals surface area contributed by atoms with E-state index >= 15 is 0 Å². The molecule has 1 aliphatic heterocycles. The first-order valence-electron chi connectivity index (χ1n) is 8.87. The Hall–Kier alpha value is -2.86. The summed E-state index contributed by atoms with van der Waals surface area (Å²) in [5.74, 6) is 0.916. The molecule has 1 fully saturated rings. The molecule has 0 atom stereocenters. The number of carbonyl (C=O) groups is 1. The quantitative estimate of drug-likeness (QED) is 0.699. The molecule has 0 unspecified atom stereocenters. The van der Waals surface area contributed by atoms with Crippen molar-refractivity contribution in [3.8, 4) is 11.3 Å². The van der Waals surface area contributed by atoms with Gasteiger partial charge >= 0.3 is 0 Å². The number of halogens is 1. The van der Waals surface area contributed by atoms with Crippen molar-refractivity contribution in [1.29, 1.82) is 0 Å². The van der Waals surface area contributed by atoms with Crippen LogP contribution in [0, 0.1) is 0 Å². The molecule has 7 heteroatoms. The van der Waals surface area contributed by atoms with E-state index in [0.717, 1.165) is 30.2 Å². The van der Waals surface area contributed by atoms with E-state index in [0.29, 0.717) is 23.8 Å². The fourth-order valence-electron chi connectivity index (χ4n) is 3.30. The number of hydrogen-bond donors (Lipinski definition) is 0. The topological polar surface area (TPSA) is 54.3 Å². The van der Waals surface area contributed by atoms with Gasteiger partial charge < -0.3 is 9.80 Å². The Morgan fingerprint density at radius 2 is 1.78 bits per heavy atom. The summed E-state index contributed by atoms with van der Waals surface area (Å²) in [4.78, 5) is 21.3. The molecule has 0 saturated carbocycles. The van der Waals surface area contributed by atoms with E-state index in [1.165, 1.54) is 0 Å². The minimum absolute atomic E-state index is 0.0357. The molecule has 1 aliphatic rings. The summed E-state index contributed by atoms with van der Waals surface area (Å²) in [5, 5.41) is 5.11. The highest BCUT2D eigenvalue weighted by molar-refractivity contribution is 6.30. The summed E-state index contributed by atoms with van der Waals surface area (Å²) in [6.07, 6.45) is 1.79. The zero-order valence-corrected chi connectivity index (χ0v) is 15.8. The average Bonchev–Trinajstić information content (AvgIpc) is 3.10. The Kier molecular flexibility index (Phi) is 4.81. The van der Waals surface area contributed by atoms with Crippen LogP contribution in [0.15, 0.2) is 54.7 Å². The maximum atomic E-state index is 12.9. The number of amides is 1. The minimum atomic E-state index is -0.0357. The number of nitrogens with zero attached hydrogens (tertiary/aromatic N) is 5. The third kappa shape index (κ3) is 3.66. The zero-order chi connectivity index (χ0) is 18.8. The van der Waals surface area contributed by atoms with Crippen molar-refractivity contribution in [2.75, 3.05) is 31.1 Å². The molecule has 6 nitrogen and oxygen atoms in total. The van der Waals surface area contributed by atoms with E-state index in [1.54, 1.807) is 10.9 Å². The van der Waals surface area contributed by atoms with Gasteiger partial charge in [-0.3, -0.25) is 9.48 Å². The first-order chi connectivity index (χ1) is 13.1. The average molecular weight is 382 g/mol. The third-order valence-electron chi connectivity index (χ3n) is 4.78. The molecular weight excluding hydrogens is 362 g/mol. The van der Waals surface area contributed by atoms with Crippen LogP contribution in [0.25, 0.3) is 11.3 Å². The van der Waals surface area contributed by atoms with Crippen molar-refractivity contribution >= 4 is 23.3 Å². The zero-order valence-electron chi connectivity index (χ0n) is 15.0. The van der Waals surface area contributed by atoms with Crippen LogP contribution in [-0.4, -0.2) is 51.8 Å². The Bertz CT molecular complexity index is 931. The molecule has 3 heterocycles. The van der Waals surface area contributed by atoms with Gasteiger partial charge in [0, 0.05) is 44.4 Å². The molecule has 138 valence electrons. The van der Waals surface area contributed by atoms with Crippen molar-refractivity contribution in [2.24, 2.45) is 7.05 Å². The molecule has 1 saturated heterocycles. The predicted octanol–water partition coefficient (Wildman–Crippen LogP) is 3.10. The maximum Gasteiger partial charge on any atom is 0.274 e. The number of carbonyl (C=O) groups excluding carboxylic acids is 1. The van der Waals surface area contributed by atoms with Gasteiger partial charge in [0.1, 0.15) is 5.82 Å². The third-order valence-corrected chi connectivity index (χ3v) is 5.03. The molecule has 3 aromatic rings. The lowest BCUT2D eigenvalue weighted by Crippen LogP contribution is -2.49. The number of hydrogen-bond acceptors (Lipinski definition) is 4. The minimum Gasteiger partial charge on any atom is -0.353 e. The molecule has 0 bridgehead atoms. The van der Waals surface area contributed by atoms with Crippen LogP contribution in [-0.2, 0) is 7.05 Å². The monoisotopic (exact) mass is 381 g/mol. The lowest BCUT2D eigenvalue weighted by molar-refractivity contribution is 0.0740. The Morgan fingerprint density at radius 3 is 2.44 bits per heavy atom. The van der Waals surface area contributed by atoms with Crippen molar-refractivity contribution in [3.05, 3.63) is 65.4 Å². The first-order valence-corrected chi connectivity index (χ1v) is 9.25. The second-order valence-electron chi connectivity index (χ2n) is 6.51. The van der Waals surface area contributed by atoms with Crippen molar-refractivity contribution in [3.63, 3.8) is 0 Å². The van der Waals surface area contributed by atoms with Gasteiger partial charge in [0.05, 0.1) is 5.69 Å². The molecule has 0 aliphatic carbocycles. The number of anilines is 1. The fourth-order valence-corrected chi connectivity index (χ4v) is 3.43. The molecule has 0 N–H and O–H groups in total. The SMILES string of the molecule is Cn1nc(C(=O)N2CCN(c3ccccn3)CC2)cc1-c1ccc(Cl)cc1. The molecule has 1 aromatic carbocycles. The number of piperazine rings is 1. The number of aryl methyl sites for hydroxylation is 1. The van der Waals surface area contributed by atoms with Crippen molar-refractivity contribution in [2.45, 2.75) is 0 Å². The molecule has 4 rings (SSSR count). The van der Waals surface area contributed by atoms with Crippen LogP contribution in [0.4, 0.5) is 5.82 Å². The van der Waals surface area contributed by atoms with Crippen LogP contribution in [0.1, 0.15) is 10.5 Å². The fraction of sp³-hybridized carbons (Fsp3) is 0.250. The number of aromatic nitrogens is 3. The Morgan fingerprint density at radius 1 is 1.04 bits per heavy atom. The normalized spacial score (nSPS) is 14.4. The van der Waals surface area contributed by atoms with Crippen molar-refractivity contribution < 1.29 is 4.79 Å². The summed E-state index contributed by atoms with van der Waals surface area (Å²) >= 11 is 5.96. The lowest BCUT2D eigenvalue weighted by Gasteiger charge is -2.35. The number of pyridine rings is 1. The Balaban J connectivity index is 1.46. The van der Waals surface area contributed by atoms with Gasteiger partial charge in [0.15, 0.2) is 5.69 Å². The maximum absolute atomic E-state index is 12.9. The molecule has 2 aromatic heterocycles. The molecule has 27 heavy (non-hydrogen) atoms. The Labute approximate surface area is 163 Å². The van der Waals surface area contributed by atoms with Crippen LogP contribution in [0.3, 0.4) is 0 Å². The highest BCUT2D eigenvalue weighted by Gasteiger charge is 2.25. The van der Waals surface area contributed by atoms with Crippen molar-refractivity contribution in [1.82, 2.24) is 19.7 Å². The van der Waals surface area contributed by atoms with Gasteiger partial charge in [-0.25, -0.2) is 4.98 Å². The smallest absolute Gasteiger partial charge is 0.274 e. The number of benzene rings is 1. The summed E-state index contributed by atoms with van der Waals surface area (Å²) in [6.45, 7) is 2.84. The molecule has 0 radical (unpaired) electrons. The van der Waals surface area contributed by atoms with Gasteiger partial charge in [0.2, 0.25) is 0 Å². The van der Waals surface area contributed by atoms with Crippen LogP contribution in [0.2, 0.25) is 5.02 Å². The summed E-state index contributed by atoms with van der Waals surface area (Å²) in [7, 11) is 1.85. The highest BCUT2D eigenvalue weighted by atomic mass is 35.5. The van der Waals surface area contributed by atoms with Gasteiger partial charge in [-0.2, -0.15) is 5.10 Å². The van der Waals surface area contributed by atoms with Crippen LogP contribution >= 0.6 is 11.6 Å². The van der Waals surface area contributed by atoms with Gasteiger partial charge in [-0.15, -0.1) is 0 Å². The first kappa shape index (κ1) is 17.5. The molecule has 0 spiro atoms. The van der Waals surface area contributed by atoms with E-state index in [9.17, 15) is 4.79 Å². The standard InChI is InChI=1S/C20H20ClN5O/c1-24-18(15-5-7-16(21)8-6-15)14-17(23-24)20(27)26-12-10-25(11-13-26)19-4-2-3-9-22-19/h2-9,14H,10-13H2,1H3. The van der Waals surface area contributed by atoms with Crippen LogP contribution < -0.4 is 4.90 Å². The second-order valence-corrected chi connectivity index (χ2v) is 6.95. The summed E-state index contributed by atoms with van der Waals surface area (Å²) in [5.41, 5.74) is 2.34.